The minimum atomic E-state index is 0. The van der Waals surface area contributed by atoms with Gasteiger partial charge in [0.15, 0.2) is 0 Å². The molecule has 0 fully saturated rings. The molecule has 0 unspecified atom stereocenters. The summed E-state index contributed by atoms with van der Waals surface area (Å²) < 4.78 is 0. The Morgan fingerprint density at radius 2 is 0.898 bits per heavy atom. The van der Waals surface area contributed by atoms with Crippen LogP contribution < -0.4 is 14.9 Å². The first-order valence-electron chi connectivity index (χ1n) is 21.3. The Kier molecular flexibility index (Phi) is 13.3. The number of hydrazone groups is 1. The van der Waals surface area contributed by atoms with Crippen LogP contribution in [0.5, 0.6) is 0 Å². The van der Waals surface area contributed by atoms with E-state index in [-0.39, 0.29) is 44.0 Å². The number of hydrogen-bond acceptors (Lipinski definition) is 3. The van der Waals surface area contributed by atoms with Gasteiger partial charge in [0, 0.05) is 39.3 Å². The second-order valence-electron chi connectivity index (χ2n) is 21.1. The van der Waals surface area contributed by atoms with Gasteiger partial charge in [0.25, 0.3) is 0 Å². The number of para-hydroxylation sites is 3. The van der Waals surface area contributed by atoms with Crippen molar-refractivity contribution in [3.05, 3.63) is 149 Å². The van der Waals surface area contributed by atoms with Crippen LogP contribution >= 0.6 is 0 Å². The van der Waals surface area contributed by atoms with Crippen molar-refractivity contribution in [1.29, 1.82) is 0 Å². The van der Waals surface area contributed by atoms with Crippen LogP contribution in [-0.2, 0) is 44.0 Å². The average Bonchev–Trinajstić information content (AvgIpc) is 3.75. The molecule has 1 aliphatic heterocycles. The van der Waals surface area contributed by atoms with Gasteiger partial charge in [-0.2, -0.15) is 5.10 Å². The molecule has 0 N–H and O–H groups in total. The van der Waals surface area contributed by atoms with Crippen LogP contribution in [0.15, 0.2) is 108 Å². The molecule has 59 heavy (non-hydrogen) atoms. The largest absolute Gasteiger partial charge is 0.657 e. The van der Waals surface area contributed by atoms with Crippen LogP contribution in [0.25, 0.3) is 21.8 Å². The molecule has 0 aliphatic carbocycles. The monoisotopic (exact) mass is 970 g/mol. The molecule has 0 atom stereocenters. The molecule has 1 aromatic heterocycles. The third-order valence-electron chi connectivity index (χ3n) is 11.4. The molecule has 7 rings (SSSR count). The Bertz CT molecular complexity index is 2300. The fourth-order valence-corrected chi connectivity index (χ4v) is 7.57. The quantitative estimate of drug-likeness (QED) is 0.127. The van der Waals surface area contributed by atoms with Gasteiger partial charge in [0.05, 0.1) is 0 Å². The molecular formula is C54H68AuN4-2. The first-order chi connectivity index (χ1) is 26.9. The molecule has 0 saturated carbocycles. The SMILES string of the molecule is CC(C)c1cccc(C(C)C)c1N1[CH-]N(c2cc(C(C)(C)C)cc(C(C)(C)C)c2)N=C1c1cc(C(C)(C)C)cc(C(C)(C)C)c1.[Au].c1ccc2c(c1)[n-]c1ccccc12. The molecule has 317 valence electrons. The normalized spacial score (nSPS) is 13.9. The molecule has 5 aromatic carbocycles. The van der Waals surface area contributed by atoms with Crippen LogP contribution in [0.1, 0.15) is 162 Å². The van der Waals surface area contributed by atoms with E-state index in [1.165, 1.54) is 49.8 Å². The molecular weight excluding hydrogens is 902 g/mol. The van der Waals surface area contributed by atoms with E-state index >= 15 is 0 Å². The maximum Gasteiger partial charge on any atom is 0.129 e. The summed E-state index contributed by atoms with van der Waals surface area (Å²) in [7, 11) is 0. The van der Waals surface area contributed by atoms with Gasteiger partial charge in [-0.15, -0.1) is 17.7 Å². The number of rotatable bonds is 5. The predicted molar refractivity (Wildman–Crippen MR) is 253 cm³/mol. The Morgan fingerprint density at radius 1 is 0.508 bits per heavy atom. The minimum Gasteiger partial charge on any atom is -0.657 e. The van der Waals surface area contributed by atoms with Gasteiger partial charge in [-0.25, -0.2) is 0 Å². The van der Waals surface area contributed by atoms with E-state index in [4.69, 9.17) is 5.10 Å². The van der Waals surface area contributed by atoms with E-state index in [0.29, 0.717) is 11.8 Å². The van der Waals surface area contributed by atoms with E-state index in [0.717, 1.165) is 28.1 Å². The van der Waals surface area contributed by atoms with Gasteiger partial charge >= 0.3 is 0 Å². The summed E-state index contributed by atoms with van der Waals surface area (Å²) in [5, 5.41) is 10.1. The zero-order valence-electron chi connectivity index (χ0n) is 38.6. The number of anilines is 2. The summed E-state index contributed by atoms with van der Waals surface area (Å²) in [4.78, 5) is 6.90. The van der Waals surface area contributed by atoms with E-state index < -0.39 is 0 Å². The Balaban J connectivity index is 0.000000394. The van der Waals surface area contributed by atoms with Crippen molar-refractivity contribution in [3.63, 3.8) is 0 Å². The molecule has 5 heteroatoms. The molecule has 2 heterocycles. The number of hydrogen-bond donors (Lipinski definition) is 0. The Hall–Kier alpha value is -4.09. The van der Waals surface area contributed by atoms with Gasteiger partial charge in [-0.1, -0.05) is 190 Å². The molecule has 4 nitrogen and oxygen atoms in total. The number of fused-ring (bicyclic) bond motifs is 3. The third-order valence-corrected chi connectivity index (χ3v) is 11.4. The summed E-state index contributed by atoms with van der Waals surface area (Å²) in [6.07, 6.45) is 0. The standard InChI is InChI=1S/C42H60N3.C12H8N.Au/c1-27(2)35-18-17-19-36(28(3)4)37(35)44-26-45(34-24-32(41(11,12)13)23-33(25-34)42(14,15)16)43-38(44)29-20-30(39(5,6)7)22-31(21-29)40(8,9)10;1-3-7-11-9(5-1)10-6-2-4-8-12(10)13-11;/h17-28H,1-16H3;1-8H;/q2*-1;. The van der Waals surface area contributed by atoms with Crippen molar-refractivity contribution in [2.75, 3.05) is 9.91 Å². The fraction of sp³-hybridized carbons (Fsp3) is 0.407. The van der Waals surface area contributed by atoms with Gasteiger partial charge in [0.1, 0.15) is 5.84 Å². The van der Waals surface area contributed by atoms with Gasteiger partial charge < -0.3 is 14.9 Å². The molecule has 1 radical (unpaired) electrons. The van der Waals surface area contributed by atoms with Gasteiger partial charge in [0.2, 0.25) is 0 Å². The van der Waals surface area contributed by atoms with Crippen molar-refractivity contribution in [2.45, 2.75) is 144 Å². The zero-order valence-corrected chi connectivity index (χ0v) is 40.8. The Labute approximate surface area is 372 Å². The number of benzene rings is 5. The van der Waals surface area contributed by atoms with Crippen LogP contribution in [0.2, 0.25) is 0 Å². The summed E-state index contributed by atoms with van der Waals surface area (Å²) in [5.41, 5.74) is 13.7. The van der Waals surface area contributed by atoms with E-state index in [9.17, 15) is 0 Å². The second kappa shape index (κ2) is 17.1. The van der Waals surface area contributed by atoms with Crippen molar-refractivity contribution in [2.24, 2.45) is 5.10 Å². The summed E-state index contributed by atoms with van der Waals surface area (Å²) >= 11 is 0. The van der Waals surface area contributed by atoms with Gasteiger partial charge in [-0.05, 0) is 102 Å². The molecule has 0 saturated heterocycles. The smallest absolute Gasteiger partial charge is 0.129 e. The zero-order chi connectivity index (χ0) is 42.5. The van der Waals surface area contributed by atoms with E-state index in [2.05, 4.69) is 223 Å². The maximum absolute atomic E-state index is 5.50. The first-order valence-corrected chi connectivity index (χ1v) is 21.3. The van der Waals surface area contributed by atoms with Crippen LogP contribution in [0.4, 0.5) is 11.4 Å². The average molecular weight is 970 g/mol. The first kappa shape index (κ1) is 46.0. The van der Waals surface area contributed by atoms with Crippen molar-refractivity contribution >= 4 is 39.0 Å². The number of amidine groups is 1. The van der Waals surface area contributed by atoms with Crippen molar-refractivity contribution < 1.29 is 22.4 Å². The maximum atomic E-state index is 5.50. The third kappa shape index (κ3) is 10.1. The number of nitrogens with zero attached hydrogens (tertiary/aromatic N) is 4. The molecule has 0 bridgehead atoms. The minimum absolute atomic E-state index is 0. The van der Waals surface area contributed by atoms with Crippen LogP contribution in [0, 0.1) is 6.67 Å². The molecule has 0 amide bonds. The predicted octanol–water partition coefficient (Wildman–Crippen LogP) is 14.9. The summed E-state index contributed by atoms with van der Waals surface area (Å²) in [6.45, 7) is 39.1. The number of aromatic nitrogens is 1. The van der Waals surface area contributed by atoms with Gasteiger partial charge in [-0.3, -0.25) is 0 Å². The molecule has 6 aromatic rings. The van der Waals surface area contributed by atoms with E-state index in [1.807, 2.05) is 12.1 Å². The van der Waals surface area contributed by atoms with Crippen LogP contribution in [-0.4, -0.2) is 5.84 Å². The molecule has 1 aliphatic rings. The summed E-state index contributed by atoms with van der Waals surface area (Å²) in [5.74, 6) is 1.70. The summed E-state index contributed by atoms with van der Waals surface area (Å²) in [6, 6.07) is 37.5. The fourth-order valence-electron chi connectivity index (χ4n) is 7.57. The second-order valence-corrected chi connectivity index (χ2v) is 21.1. The van der Waals surface area contributed by atoms with Crippen LogP contribution in [0.3, 0.4) is 0 Å². The van der Waals surface area contributed by atoms with Crippen molar-refractivity contribution in [3.8, 4) is 0 Å². The molecule has 0 spiro atoms. The topological polar surface area (TPSA) is 32.9 Å². The van der Waals surface area contributed by atoms with E-state index in [1.54, 1.807) is 0 Å². The Morgan fingerprint density at radius 3 is 1.29 bits per heavy atom. The van der Waals surface area contributed by atoms with Crippen molar-refractivity contribution in [1.82, 2.24) is 4.98 Å².